The molecule has 162 valence electrons. The number of nitrogens with zero attached hydrogens (tertiary/aromatic N) is 2. The smallest absolute Gasteiger partial charge is 0.242 e. The van der Waals surface area contributed by atoms with Crippen molar-refractivity contribution in [3.05, 3.63) is 72.6 Å². The minimum Gasteiger partial charge on any atom is -0.326 e. The Morgan fingerprint density at radius 2 is 1.77 bits per heavy atom. The summed E-state index contributed by atoms with van der Waals surface area (Å²) in [5, 5.41) is 9.44. The Balaban J connectivity index is 1.62. The molecule has 0 aliphatic heterocycles. The van der Waals surface area contributed by atoms with Crippen LogP contribution in [0, 0.1) is 0 Å². The van der Waals surface area contributed by atoms with Crippen molar-refractivity contribution < 1.29 is 18.0 Å². The second-order valence-electron chi connectivity index (χ2n) is 6.94. The van der Waals surface area contributed by atoms with Gasteiger partial charge < -0.3 is 10.6 Å². The van der Waals surface area contributed by atoms with E-state index in [1.165, 1.54) is 38.1 Å². The van der Waals surface area contributed by atoms with Gasteiger partial charge in [0.05, 0.1) is 17.5 Å². The lowest BCUT2D eigenvalue weighted by Gasteiger charge is -2.15. The Bertz CT molecular complexity index is 1160. The van der Waals surface area contributed by atoms with E-state index in [4.69, 9.17) is 0 Å². The van der Waals surface area contributed by atoms with Crippen LogP contribution in [0.2, 0.25) is 0 Å². The molecule has 0 bridgehead atoms. The van der Waals surface area contributed by atoms with Gasteiger partial charge >= 0.3 is 0 Å². The van der Waals surface area contributed by atoms with E-state index in [-0.39, 0.29) is 10.8 Å². The largest absolute Gasteiger partial charge is 0.326 e. The fourth-order valence-corrected chi connectivity index (χ4v) is 4.06. The second kappa shape index (κ2) is 9.54. The maximum Gasteiger partial charge on any atom is 0.242 e. The minimum absolute atomic E-state index is 0.0116. The molecule has 0 aliphatic carbocycles. The molecule has 0 aliphatic rings. The summed E-state index contributed by atoms with van der Waals surface area (Å²) in [6.45, 7) is 3.37. The Hall–Kier alpha value is -3.50. The third-order valence-corrected chi connectivity index (χ3v) is 5.87. The van der Waals surface area contributed by atoms with Crippen LogP contribution in [0.3, 0.4) is 0 Å². The normalized spacial score (nSPS) is 12.2. The van der Waals surface area contributed by atoms with E-state index < -0.39 is 22.0 Å². The highest BCUT2D eigenvalue weighted by Gasteiger charge is 2.22. The highest BCUT2D eigenvalue weighted by atomic mass is 32.2. The van der Waals surface area contributed by atoms with Gasteiger partial charge in [-0.15, -0.1) is 0 Å². The van der Waals surface area contributed by atoms with Crippen molar-refractivity contribution in [2.75, 3.05) is 10.6 Å². The lowest BCUT2D eigenvalue weighted by molar-refractivity contribution is -0.117. The van der Waals surface area contributed by atoms with Gasteiger partial charge in [-0.05, 0) is 55.0 Å². The van der Waals surface area contributed by atoms with Crippen molar-refractivity contribution in [1.82, 2.24) is 14.5 Å². The molecule has 3 N–H and O–H groups in total. The molecule has 1 atom stereocenters. The molecular formula is C21H23N5O4S. The topological polar surface area (TPSA) is 122 Å². The summed E-state index contributed by atoms with van der Waals surface area (Å²) in [4.78, 5) is 23.6. The third kappa shape index (κ3) is 6.24. The fourth-order valence-electron chi connectivity index (χ4n) is 2.85. The zero-order valence-electron chi connectivity index (χ0n) is 17.1. The Morgan fingerprint density at radius 3 is 2.42 bits per heavy atom. The number of aromatic nitrogens is 2. The van der Waals surface area contributed by atoms with E-state index in [1.54, 1.807) is 23.0 Å². The van der Waals surface area contributed by atoms with Gasteiger partial charge in [0.15, 0.2) is 0 Å². The Kier molecular flexibility index (Phi) is 6.83. The summed E-state index contributed by atoms with van der Waals surface area (Å²) >= 11 is 0. The molecule has 2 aromatic carbocycles. The molecule has 1 aromatic heterocycles. The van der Waals surface area contributed by atoms with Gasteiger partial charge in [0.2, 0.25) is 21.8 Å². The summed E-state index contributed by atoms with van der Waals surface area (Å²) in [5.41, 5.74) is 1.97. The molecule has 0 saturated heterocycles. The molecule has 0 unspecified atom stereocenters. The molecule has 2 amide bonds. The number of hydrogen-bond acceptors (Lipinski definition) is 5. The maximum atomic E-state index is 12.6. The number of rotatable bonds is 8. The van der Waals surface area contributed by atoms with Crippen molar-refractivity contribution >= 4 is 33.2 Å². The SMILES string of the molecule is CC(=O)Nc1ccc(S(=O)(=O)N[C@@H](C)C(=O)Nc2cccc(Cn3cccn3)c2)cc1. The fraction of sp³-hybridized carbons (Fsp3) is 0.190. The number of benzene rings is 2. The summed E-state index contributed by atoms with van der Waals surface area (Å²) < 4.78 is 29.3. The molecule has 0 spiro atoms. The van der Waals surface area contributed by atoms with Crippen LogP contribution >= 0.6 is 0 Å². The number of sulfonamides is 1. The van der Waals surface area contributed by atoms with Gasteiger partial charge in [0.1, 0.15) is 0 Å². The predicted molar refractivity (Wildman–Crippen MR) is 117 cm³/mol. The molecule has 0 fully saturated rings. The Morgan fingerprint density at radius 1 is 1.03 bits per heavy atom. The van der Waals surface area contributed by atoms with E-state index in [1.807, 2.05) is 24.4 Å². The van der Waals surface area contributed by atoms with Gasteiger partial charge in [-0.25, -0.2) is 8.42 Å². The van der Waals surface area contributed by atoms with Crippen LogP contribution < -0.4 is 15.4 Å². The van der Waals surface area contributed by atoms with E-state index in [2.05, 4.69) is 20.5 Å². The standard InChI is InChI=1S/C21H23N5O4S/c1-15(25-31(29,30)20-9-7-18(8-10-20)23-16(2)27)21(28)24-19-6-3-5-17(13-19)14-26-12-4-11-22-26/h3-13,15,25H,14H2,1-2H3,(H,23,27)(H,24,28)/t15-/m0/s1. The van der Waals surface area contributed by atoms with Gasteiger partial charge in [-0.3, -0.25) is 14.3 Å². The second-order valence-corrected chi connectivity index (χ2v) is 8.66. The van der Waals surface area contributed by atoms with Crippen molar-refractivity contribution in [3.8, 4) is 0 Å². The lowest BCUT2D eigenvalue weighted by atomic mass is 10.2. The molecule has 3 aromatic rings. The minimum atomic E-state index is -3.92. The van der Waals surface area contributed by atoms with Gasteiger partial charge in [0.25, 0.3) is 0 Å². The van der Waals surface area contributed by atoms with E-state index in [0.717, 1.165) is 5.56 Å². The number of carbonyl (C=O) groups excluding carboxylic acids is 2. The Labute approximate surface area is 180 Å². The van der Waals surface area contributed by atoms with Crippen LogP contribution in [-0.4, -0.2) is 36.1 Å². The molecule has 0 radical (unpaired) electrons. The first-order valence-corrected chi connectivity index (χ1v) is 11.0. The van der Waals surface area contributed by atoms with Crippen LogP contribution in [0.1, 0.15) is 19.4 Å². The zero-order valence-corrected chi connectivity index (χ0v) is 17.9. The highest BCUT2D eigenvalue weighted by molar-refractivity contribution is 7.89. The van der Waals surface area contributed by atoms with Gasteiger partial charge in [-0.2, -0.15) is 9.82 Å². The van der Waals surface area contributed by atoms with E-state index in [9.17, 15) is 18.0 Å². The quantitative estimate of drug-likeness (QED) is 0.495. The predicted octanol–water partition coefficient (Wildman–Crippen LogP) is 2.20. The monoisotopic (exact) mass is 441 g/mol. The number of amides is 2. The highest BCUT2D eigenvalue weighted by Crippen LogP contribution is 2.15. The summed E-state index contributed by atoms with van der Waals surface area (Å²) in [5.74, 6) is -0.748. The van der Waals surface area contributed by atoms with Crippen LogP contribution in [0.5, 0.6) is 0 Å². The van der Waals surface area contributed by atoms with Gasteiger partial charge in [-0.1, -0.05) is 12.1 Å². The lowest BCUT2D eigenvalue weighted by Crippen LogP contribution is -2.41. The first-order valence-electron chi connectivity index (χ1n) is 9.50. The van der Waals surface area contributed by atoms with Crippen LogP contribution in [0.15, 0.2) is 71.9 Å². The van der Waals surface area contributed by atoms with E-state index in [0.29, 0.717) is 17.9 Å². The number of hydrogen-bond donors (Lipinski definition) is 3. The van der Waals surface area contributed by atoms with E-state index >= 15 is 0 Å². The molecular weight excluding hydrogens is 418 g/mol. The molecule has 3 rings (SSSR count). The summed E-state index contributed by atoms with van der Waals surface area (Å²) in [6.07, 6.45) is 3.53. The first kappa shape index (κ1) is 22.2. The van der Waals surface area contributed by atoms with Crippen molar-refractivity contribution in [1.29, 1.82) is 0 Å². The number of anilines is 2. The number of nitrogens with one attached hydrogen (secondary N) is 3. The van der Waals surface area contributed by atoms with Crippen molar-refractivity contribution in [2.24, 2.45) is 0 Å². The molecule has 1 heterocycles. The van der Waals surface area contributed by atoms with Crippen LogP contribution in [-0.2, 0) is 26.2 Å². The summed E-state index contributed by atoms with van der Waals surface area (Å²) in [7, 11) is -3.92. The number of carbonyl (C=O) groups is 2. The average Bonchev–Trinajstić information content (AvgIpc) is 3.21. The zero-order chi connectivity index (χ0) is 22.4. The molecule has 10 heteroatoms. The first-order chi connectivity index (χ1) is 14.7. The summed E-state index contributed by atoms with van der Waals surface area (Å²) in [6, 6.07) is 13.7. The van der Waals surface area contributed by atoms with Crippen LogP contribution in [0.4, 0.5) is 11.4 Å². The van der Waals surface area contributed by atoms with Crippen molar-refractivity contribution in [2.45, 2.75) is 31.3 Å². The molecule has 9 nitrogen and oxygen atoms in total. The van der Waals surface area contributed by atoms with Crippen LogP contribution in [0.25, 0.3) is 0 Å². The molecule has 31 heavy (non-hydrogen) atoms. The molecule has 0 saturated carbocycles. The third-order valence-electron chi connectivity index (χ3n) is 4.31. The average molecular weight is 442 g/mol. The van der Waals surface area contributed by atoms with Crippen molar-refractivity contribution in [3.63, 3.8) is 0 Å². The van der Waals surface area contributed by atoms with Gasteiger partial charge in [0, 0.05) is 30.7 Å². The maximum absolute atomic E-state index is 12.6.